The Hall–Kier alpha value is 0.360. The van der Waals surface area contributed by atoms with Gasteiger partial charge in [0.25, 0.3) is 0 Å². The molecule has 0 saturated carbocycles. The Kier molecular flexibility index (Phi) is 14.8. The number of halogens is 3. The van der Waals surface area contributed by atoms with E-state index in [9.17, 15) is 0 Å². The molecule has 0 aliphatic carbocycles. The van der Waals surface area contributed by atoms with Crippen molar-refractivity contribution >= 4 is 48.2 Å². The minimum Gasteiger partial charge on any atom is -0.330 e. The van der Waals surface area contributed by atoms with Crippen LogP contribution < -0.4 is 11.1 Å². The fourth-order valence-electron chi connectivity index (χ4n) is 1.12. The Bertz CT molecular complexity index is 270. The van der Waals surface area contributed by atoms with Crippen LogP contribution in [0.15, 0.2) is 29.2 Å². The van der Waals surface area contributed by atoms with Gasteiger partial charge in [0, 0.05) is 22.2 Å². The van der Waals surface area contributed by atoms with E-state index < -0.39 is 0 Å². The second kappa shape index (κ2) is 12.8. The zero-order valence-corrected chi connectivity index (χ0v) is 12.7. The van der Waals surface area contributed by atoms with Crippen LogP contribution in [0.4, 0.5) is 0 Å². The number of hydrogen-bond donors (Lipinski definition) is 2. The smallest absolute Gasteiger partial charge is 0.0406 e. The van der Waals surface area contributed by atoms with Crippen LogP contribution in [0, 0.1) is 0 Å². The predicted octanol–water partition coefficient (Wildman–Crippen LogP) is 3.21. The van der Waals surface area contributed by atoms with E-state index in [2.05, 4.69) is 5.32 Å². The van der Waals surface area contributed by atoms with Gasteiger partial charge in [0.2, 0.25) is 0 Å². The van der Waals surface area contributed by atoms with Crippen LogP contribution in [-0.4, -0.2) is 25.4 Å². The largest absolute Gasteiger partial charge is 0.330 e. The lowest BCUT2D eigenvalue weighted by Crippen LogP contribution is -2.20. The number of nitrogens with one attached hydrogen (secondary N) is 1. The molecule has 0 aliphatic rings. The lowest BCUT2D eigenvalue weighted by Gasteiger charge is -2.03. The van der Waals surface area contributed by atoms with Gasteiger partial charge in [0.05, 0.1) is 0 Å². The molecule has 3 N–H and O–H groups in total. The lowest BCUT2D eigenvalue weighted by atomic mass is 10.4. The van der Waals surface area contributed by atoms with E-state index in [4.69, 9.17) is 17.3 Å². The molecule has 0 aliphatic heterocycles. The second-order valence-corrected chi connectivity index (χ2v) is 4.80. The first kappa shape index (κ1) is 19.7. The van der Waals surface area contributed by atoms with E-state index >= 15 is 0 Å². The Morgan fingerprint density at radius 3 is 2.35 bits per heavy atom. The van der Waals surface area contributed by atoms with Gasteiger partial charge in [-0.3, -0.25) is 0 Å². The molecular formula is C11H19Cl3N2S. The van der Waals surface area contributed by atoms with Gasteiger partial charge in [-0.25, -0.2) is 0 Å². The quantitative estimate of drug-likeness (QED) is 0.599. The van der Waals surface area contributed by atoms with Gasteiger partial charge in [-0.15, -0.1) is 36.6 Å². The van der Waals surface area contributed by atoms with Gasteiger partial charge in [0.1, 0.15) is 0 Å². The summed E-state index contributed by atoms with van der Waals surface area (Å²) in [7, 11) is 0. The molecule has 0 aromatic heterocycles. The first-order valence-corrected chi connectivity index (χ1v) is 6.48. The molecule has 0 atom stereocenters. The highest BCUT2D eigenvalue weighted by Gasteiger charge is 1.93. The average molecular weight is 318 g/mol. The first-order valence-electron chi connectivity index (χ1n) is 5.12. The molecule has 1 aromatic carbocycles. The monoisotopic (exact) mass is 316 g/mol. The normalized spacial score (nSPS) is 9.29. The molecule has 0 radical (unpaired) electrons. The summed E-state index contributed by atoms with van der Waals surface area (Å²) in [4.78, 5) is 1.26. The number of hydrogen-bond acceptors (Lipinski definition) is 3. The fraction of sp³-hybridized carbons (Fsp3) is 0.455. The molecule has 0 saturated heterocycles. The minimum absolute atomic E-state index is 0. The molecule has 0 heterocycles. The summed E-state index contributed by atoms with van der Waals surface area (Å²) in [6.45, 7) is 2.79. The Balaban J connectivity index is 0. The number of thioether (sulfide) groups is 1. The molecule has 2 nitrogen and oxygen atoms in total. The maximum Gasteiger partial charge on any atom is 0.0406 e. The molecule has 0 unspecified atom stereocenters. The third-order valence-electron chi connectivity index (χ3n) is 1.92. The molecule has 0 amide bonds. The molecule has 6 heteroatoms. The Labute approximate surface area is 125 Å². The van der Waals surface area contributed by atoms with E-state index in [1.54, 1.807) is 0 Å². The van der Waals surface area contributed by atoms with Crippen molar-refractivity contribution in [2.75, 3.05) is 25.4 Å². The van der Waals surface area contributed by atoms with Crippen molar-refractivity contribution in [1.82, 2.24) is 5.32 Å². The summed E-state index contributed by atoms with van der Waals surface area (Å²) in [5, 5.41) is 4.13. The van der Waals surface area contributed by atoms with Crippen LogP contribution in [0.1, 0.15) is 6.42 Å². The summed E-state index contributed by atoms with van der Waals surface area (Å²) in [6, 6.07) is 7.94. The van der Waals surface area contributed by atoms with E-state index in [1.165, 1.54) is 4.90 Å². The predicted molar refractivity (Wildman–Crippen MR) is 83.2 cm³/mol. The van der Waals surface area contributed by atoms with Crippen molar-refractivity contribution in [3.8, 4) is 0 Å². The van der Waals surface area contributed by atoms with Crippen LogP contribution >= 0.6 is 48.2 Å². The van der Waals surface area contributed by atoms with Crippen LogP contribution in [0.25, 0.3) is 0 Å². The van der Waals surface area contributed by atoms with Crippen LogP contribution in [0.5, 0.6) is 0 Å². The number of nitrogens with two attached hydrogens (primary N) is 1. The average Bonchev–Trinajstić information content (AvgIpc) is 2.26. The van der Waals surface area contributed by atoms with Crippen molar-refractivity contribution in [2.24, 2.45) is 5.73 Å². The van der Waals surface area contributed by atoms with Gasteiger partial charge in [-0.05, 0) is 43.8 Å². The van der Waals surface area contributed by atoms with Gasteiger partial charge < -0.3 is 11.1 Å². The minimum atomic E-state index is 0. The third kappa shape index (κ3) is 10.0. The van der Waals surface area contributed by atoms with E-state index in [0.717, 1.165) is 36.8 Å². The Morgan fingerprint density at radius 1 is 1.12 bits per heavy atom. The van der Waals surface area contributed by atoms with Crippen molar-refractivity contribution in [3.05, 3.63) is 29.3 Å². The van der Waals surface area contributed by atoms with Gasteiger partial charge in [-0.2, -0.15) is 0 Å². The van der Waals surface area contributed by atoms with E-state index in [0.29, 0.717) is 0 Å². The summed E-state index contributed by atoms with van der Waals surface area (Å²) in [5.41, 5.74) is 5.39. The maximum absolute atomic E-state index is 5.80. The molecule has 17 heavy (non-hydrogen) atoms. The molecule has 1 aromatic rings. The summed E-state index contributed by atoms with van der Waals surface area (Å²) >= 11 is 7.63. The topological polar surface area (TPSA) is 38.0 Å². The highest BCUT2D eigenvalue weighted by atomic mass is 35.5. The highest BCUT2D eigenvalue weighted by molar-refractivity contribution is 7.99. The fourth-order valence-corrected chi connectivity index (χ4v) is 2.06. The molecule has 0 bridgehead atoms. The summed E-state index contributed by atoms with van der Waals surface area (Å²) < 4.78 is 0. The third-order valence-corrected chi connectivity index (χ3v) is 3.18. The van der Waals surface area contributed by atoms with E-state index in [-0.39, 0.29) is 24.8 Å². The lowest BCUT2D eigenvalue weighted by molar-refractivity contribution is 0.683. The molecule has 0 fully saturated rings. The highest BCUT2D eigenvalue weighted by Crippen LogP contribution is 2.19. The molecular weight excluding hydrogens is 299 g/mol. The van der Waals surface area contributed by atoms with Gasteiger partial charge in [0.15, 0.2) is 0 Å². The van der Waals surface area contributed by atoms with Crippen molar-refractivity contribution < 1.29 is 0 Å². The molecule has 0 spiro atoms. The maximum atomic E-state index is 5.80. The molecule has 1 rings (SSSR count). The zero-order chi connectivity index (χ0) is 10.9. The SMILES string of the molecule is Cl.Cl.NCCCNCCSc1ccc(Cl)cc1. The van der Waals surface area contributed by atoms with Crippen LogP contribution in [0.2, 0.25) is 5.02 Å². The number of rotatable bonds is 7. The standard InChI is InChI=1S/C11H17ClN2S.2ClH/c12-10-2-4-11(5-3-10)15-9-8-14-7-1-6-13;;/h2-5,14H,1,6-9,13H2;2*1H. The summed E-state index contributed by atoms with van der Waals surface area (Å²) in [5.74, 6) is 1.08. The van der Waals surface area contributed by atoms with E-state index in [1.807, 2.05) is 36.0 Å². The number of benzene rings is 1. The summed E-state index contributed by atoms with van der Waals surface area (Å²) in [6.07, 6.45) is 1.05. The van der Waals surface area contributed by atoms with Crippen molar-refractivity contribution in [1.29, 1.82) is 0 Å². The second-order valence-electron chi connectivity index (χ2n) is 3.19. The van der Waals surface area contributed by atoms with Crippen molar-refractivity contribution in [3.63, 3.8) is 0 Å². The van der Waals surface area contributed by atoms with Crippen LogP contribution in [-0.2, 0) is 0 Å². The van der Waals surface area contributed by atoms with Crippen molar-refractivity contribution in [2.45, 2.75) is 11.3 Å². The Morgan fingerprint density at radius 2 is 1.76 bits per heavy atom. The van der Waals surface area contributed by atoms with Crippen LogP contribution in [0.3, 0.4) is 0 Å². The first-order chi connectivity index (χ1) is 7.33. The molecule has 100 valence electrons. The van der Waals surface area contributed by atoms with Gasteiger partial charge >= 0.3 is 0 Å². The van der Waals surface area contributed by atoms with Gasteiger partial charge in [-0.1, -0.05) is 11.6 Å². The zero-order valence-electron chi connectivity index (χ0n) is 9.52.